The van der Waals surface area contributed by atoms with E-state index in [4.69, 9.17) is 9.25 Å². The van der Waals surface area contributed by atoms with Gasteiger partial charge < -0.3 is 14.6 Å². The molecule has 0 bridgehead atoms. The van der Waals surface area contributed by atoms with Gasteiger partial charge in [0, 0.05) is 17.6 Å². The molecule has 2 aromatic carbocycles. The van der Waals surface area contributed by atoms with Gasteiger partial charge >= 0.3 is 0 Å². The molecule has 1 fully saturated rings. The van der Waals surface area contributed by atoms with Gasteiger partial charge in [0.15, 0.2) is 0 Å². The maximum Gasteiger partial charge on any atom is 0.228 e. The quantitative estimate of drug-likeness (QED) is 0.224. The summed E-state index contributed by atoms with van der Waals surface area (Å²) >= 11 is 0. The fraction of sp³-hybridized carbons (Fsp3) is 0.308. The van der Waals surface area contributed by atoms with Crippen molar-refractivity contribution in [3.63, 3.8) is 0 Å². The molecule has 164 valence electrons. The number of benzene rings is 2. The van der Waals surface area contributed by atoms with Crippen LogP contribution in [0.15, 0.2) is 70.4 Å². The maximum absolute atomic E-state index is 5.58. The Morgan fingerprint density at radius 1 is 1.03 bits per heavy atom. The van der Waals surface area contributed by atoms with E-state index in [1.165, 1.54) is 32.4 Å². The van der Waals surface area contributed by atoms with E-state index < -0.39 is 0 Å². The van der Waals surface area contributed by atoms with Crippen molar-refractivity contribution in [2.45, 2.75) is 26.2 Å². The minimum atomic E-state index is 0.632. The van der Waals surface area contributed by atoms with Crippen LogP contribution in [0.5, 0.6) is 0 Å². The summed E-state index contributed by atoms with van der Waals surface area (Å²) in [6.07, 6.45) is 5.62. The molecule has 1 N–H and O–H groups in total. The number of anilines is 2. The molecule has 0 atom stereocenters. The second-order valence-corrected chi connectivity index (χ2v) is 8.26. The normalized spacial score (nSPS) is 15.3. The highest BCUT2D eigenvalue weighted by atomic mass is 16.6. The van der Waals surface area contributed by atoms with Gasteiger partial charge in [-0.05, 0) is 62.7 Å². The largest absolute Gasteiger partial charge is 0.446 e. The van der Waals surface area contributed by atoms with Gasteiger partial charge in [0.2, 0.25) is 5.71 Å². The van der Waals surface area contributed by atoms with E-state index in [-0.39, 0.29) is 0 Å². The average molecular weight is 429 g/mol. The number of para-hydroxylation sites is 1. The minimum Gasteiger partial charge on any atom is -0.446 e. The zero-order valence-corrected chi connectivity index (χ0v) is 18.4. The first-order valence-electron chi connectivity index (χ1n) is 11.3. The molecule has 3 heterocycles. The van der Waals surface area contributed by atoms with Gasteiger partial charge in [0.1, 0.15) is 6.61 Å². The van der Waals surface area contributed by atoms with Crippen molar-refractivity contribution in [2.75, 3.05) is 31.6 Å². The molecule has 6 heteroatoms. The summed E-state index contributed by atoms with van der Waals surface area (Å²) < 4.78 is 5.56. The van der Waals surface area contributed by atoms with Crippen molar-refractivity contribution in [3.05, 3.63) is 66.4 Å². The molecule has 0 radical (unpaired) electrons. The smallest absolute Gasteiger partial charge is 0.228 e. The highest BCUT2D eigenvalue weighted by Crippen LogP contribution is 2.33. The van der Waals surface area contributed by atoms with Crippen molar-refractivity contribution >= 4 is 39.1 Å². The molecule has 2 aromatic heterocycles. The van der Waals surface area contributed by atoms with Crippen molar-refractivity contribution in [3.8, 4) is 0 Å². The Morgan fingerprint density at radius 2 is 1.84 bits per heavy atom. The Bertz CT molecular complexity index is 1220. The number of likely N-dealkylation sites (tertiary alicyclic amines) is 1. The lowest BCUT2D eigenvalue weighted by molar-refractivity contribution is 0.102. The van der Waals surface area contributed by atoms with E-state index in [0.717, 1.165) is 45.5 Å². The number of nitrogens with zero attached hydrogens (tertiary/aromatic N) is 3. The van der Waals surface area contributed by atoms with E-state index in [0.29, 0.717) is 12.3 Å². The number of piperidine rings is 1. The van der Waals surface area contributed by atoms with Crippen LogP contribution in [0.3, 0.4) is 0 Å². The number of fused-ring (bicyclic) bond motifs is 2. The third kappa shape index (κ3) is 4.46. The Morgan fingerprint density at radius 3 is 2.69 bits per heavy atom. The molecular weight excluding hydrogens is 400 g/mol. The van der Waals surface area contributed by atoms with Crippen LogP contribution in [-0.2, 0) is 4.84 Å². The summed E-state index contributed by atoms with van der Waals surface area (Å²) in [5.41, 5.74) is 5.44. The van der Waals surface area contributed by atoms with Crippen LogP contribution in [-0.4, -0.2) is 41.8 Å². The molecule has 32 heavy (non-hydrogen) atoms. The van der Waals surface area contributed by atoms with Crippen LogP contribution in [0.25, 0.3) is 22.0 Å². The highest BCUT2D eigenvalue weighted by molar-refractivity contribution is 6.07. The van der Waals surface area contributed by atoms with Crippen molar-refractivity contribution in [2.24, 2.45) is 5.16 Å². The highest BCUT2D eigenvalue weighted by Gasteiger charge is 2.12. The predicted octanol–water partition coefficient (Wildman–Crippen LogP) is 5.95. The van der Waals surface area contributed by atoms with E-state index in [9.17, 15) is 0 Å². The van der Waals surface area contributed by atoms with Crippen molar-refractivity contribution in [1.82, 2.24) is 9.88 Å². The third-order valence-corrected chi connectivity index (χ3v) is 6.03. The molecule has 5 rings (SSSR count). The molecular formula is C26H28N4O2. The number of aromatic nitrogens is 1. The zero-order chi connectivity index (χ0) is 21.8. The van der Waals surface area contributed by atoms with Crippen molar-refractivity contribution in [1.29, 1.82) is 0 Å². The summed E-state index contributed by atoms with van der Waals surface area (Å²) in [5.74, 6) is 0. The first kappa shape index (κ1) is 20.5. The molecule has 0 saturated carbocycles. The van der Waals surface area contributed by atoms with Gasteiger partial charge in [-0.3, -0.25) is 4.90 Å². The number of hydrogen-bond donors (Lipinski definition) is 1. The molecule has 4 aromatic rings. The summed E-state index contributed by atoms with van der Waals surface area (Å²) in [5, 5.41) is 9.90. The van der Waals surface area contributed by atoms with Crippen LogP contribution in [0.1, 0.15) is 31.7 Å². The summed E-state index contributed by atoms with van der Waals surface area (Å²) in [6, 6.07) is 18.3. The Kier molecular flexibility index (Phi) is 6.03. The van der Waals surface area contributed by atoms with E-state index in [1.807, 2.05) is 31.2 Å². The first-order chi connectivity index (χ1) is 15.8. The lowest BCUT2D eigenvalue weighted by atomic mass is 10.1. The van der Waals surface area contributed by atoms with Crippen LogP contribution >= 0.6 is 0 Å². The molecule has 0 spiro atoms. The predicted molar refractivity (Wildman–Crippen MR) is 130 cm³/mol. The number of rotatable bonds is 7. The molecule has 0 unspecified atom stereocenters. The van der Waals surface area contributed by atoms with Gasteiger partial charge in [0.05, 0.1) is 28.6 Å². The molecule has 0 amide bonds. The monoisotopic (exact) mass is 428 g/mol. The second-order valence-electron chi connectivity index (χ2n) is 8.26. The number of hydrogen-bond acceptors (Lipinski definition) is 6. The van der Waals surface area contributed by atoms with Crippen LogP contribution in [0, 0.1) is 0 Å². The van der Waals surface area contributed by atoms with Gasteiger partial charge in [-0.2, -0.15) is 0 Å². The lowest BCUT2D eigenvalue weighted by Gasteiger charge is -2.25. The van der Waals surface area contributed by atoms with E-state index in [1.54, 1.807) is 6.26 Å². The fourth-order valence-electron chi connectivity index (χ4n) is 4.24. The first-order valence-corrected chi connectivity index (χ1v) is 11.3. The topological polar surface area (TPSA) is 62.9 Å². The fourth-order valence-corrected chi connectivity index (χ4v) is 4.24. The Hall–Kier alpha value is -3.38. The van der Waals surface area contributed by atoms with Gasteiger partial charge in [0.25, 0.3) is 0 Å². The average Bonchev–Trinajstić information content (AvgIpc) is 3.31. The van der Waals surface area contributed by atoms with Gasteiger partial charge in [-0.1, -0.05) is 41.9 Å². The standard InChI is InChI=1S/C26H28N4O2/c1-19(29-32-18-16-30-14-5-2-6-15-30)20-9-11-21(12-10-20)27-25-22-7-3-4-8-24(22)28-26-23(25)13-17-31-26/h3-4,7-13,17H,2,5-6,14-16,18H2,1H3,(H,27,28)/b29-19+. The minimum absolute atomic E-state index is 0.632. The van der Waals surface area contributed by atoms with Crippen LogP contribution in [0.2, 0.25) is 0 Å². The molecule has 1 saturated heterocycles. The summed E-state index contributed by atoms with van der Waals surface area (Å²) in [6.45, 7) is 5.92. The van der Waals surface area contributed by atoms with Crippen LogP contribution < -0.4 is 5.32 Å². The lowest BCUT2D eigenvalue weighted by Crippen LogP contribution is -2.32. The third-order valence-electron chi connectivity index (χ3n) is 6.03. The Labute approximate surface area is 187 Å². The number of pyridine rings is 1. The number of furan rings is 1. The van der Waals surface area contributed by atoms with E-state index in [2.05, 4.69) is 50.7 Å². The van der Waals surface area contributed by atoms with Crippen molar-refractivity contribution < 1.29 is 9.25 Å². The Balaban J connectivity index is 1.27. The molecule has 1 aliphatic rings. The second kappa shape index (κ2) is 9.40. The summed E-state index contributed by atoms with van der Waals surface area (Å²) in [4.78, 5) is 12.6. The van der Waals surface area contributed by atoms with Crippen LogP contribution in [0.4, 0.5) is 11.4 Å². The molecule has 0 aliphatic carbocycles. The molecule has 1 aliphatic heterocycles. The number of nitrogens with one attached hydrogen (secondary N) is 1. The van der Waals surface area contributed by atoms with Gasteiger partial charge in [-0.25, -0.2) is 4.98 Å². The summed E-state index contributed by atoms with van der Waals surface area (Å²) in [7, 11) is 0. The van der Waals surface area contributed by atoms with Gasteiger partial charge in [-0.15, -0.1) is 0 Å². The SMILES string of the molecule is C/C(=N\OCCN1CCCCC1)c1ccc(Nc2c3ccccc3nc3occc23)cc1. The zero-order valence-electron chi connectivity index (χ0n) is 18.4. The maximum atomic E-state index is 5.58. The number of oxime groups is 1. The molecule has 6 nitrogen and oxygen atoms in total. The van der Waals surface area contributed by atoms with E-state index >= 15 is 0 Å².